The van der Waals surface area contributed by atoms with Gasteiger partial charge in [-0.05, 0) is 62.2 Å². The third-order valence-electron chi connectivity index (χ3n) is 5.11. The quantitative estimate of drug-likeness (QED) is 0.699. The smallest absolute Gasteiger partial charge is 0.264 e. The molecule has 1 unspecified atom stereocenters. The number of sulfonamides is 1. The number of para-hydroxylation sites is 1. The number of rotatable bonds is 4. The molecule has 29 heavy (non-hydrogen) atoms. The first kappa shape index (κ1) is 19.2. The highest BCUT2D eigenvalue weighted by molar-refractivity contribution is 7.92. The van der Waals surface area contributed by atoms with E-state index in [1.54, 1.807) is 12.1 Å². The first-order chi connectivity index (χ1) is 13.9. The predicted octanol–water partition coefficient (Wildman–Crippen LogP) is 4.39. The van der Waals surface area contributed by atoms with E-state index in [1.165, 1.54) is 16.4 Å². The van der Waals surface area contributed by atoms with Gasteiger partial charge in [-0.1, -0.05) is 42.0 Å². The summed E-state index contributed by atoms with van der Waals surface area (Å²) in [5.41, 5.74) is 3.77. The van der Waals surface area contributed by atoms with Crippen LogP contribution in [-0.2, 0) is 16.4 Å². The van der Waals surface area contributed by atoms with Crippen molar-refractivity contribution in [1.82, 2.24) is 0 Å². The first-order valence-corrected chi connectivity index (χ1v) is 10.9. The van der Waals surface area contributed by atoms with Crippen LogP contribution >= 0.6 is 0 Å². The largest absolute Gasteiger partial charge is 0.322 e. The Hall–Kier alpha value is -3.12. The van der Waals surface area contributed by atoms with E-state index < -0.39 is 10.0 Å². The number of carbonyl (C=O) groups is 1. The molecule has 4 rings (SSSR count). The number of hydrogen-bond acceptors (Lipinski definition) is 3. The lowest BCUT2D eigenvalue weighted by atomic mass is 10.1. The van der Waals surface area contributed by atoms with Crippen LogP contribution in [0.25, 0.3) is 0 Å². The van der Waals surface area contributed by atoms with Gasteiger partial charge < -0.3 is 5.32 Å². The minimum Gasteiger partial charge on any atom is -0.322 e. The summed E-state index contributed by atoms with van der Waals surface area (Å²) in [5, 5.41) is 2.81. The summed E-state index contributed by atoms with van der Waals surface area (Å²) in [7, 11) is -3.78. The lowest BCUT2D eigenvalue weighted by Gasteiger charge is -2.24. The van der Waals surface area contributed by atoms with E-state index in [9.17, 15) is 13.2 Å². The fraction of sp³-hybridized carbons (Fsp3) is 0.174. The van der Waals surface area contributed by atoms with Crippen LogP contribution in [0.4, 0.5) is 11.4 Å². The van der Waals surface area contributed by atoms with Gasteiger partial charge in [0.2, 0.25) is 0 Å². The Bertz CT molecular complexity index is 1170. The highest BCUT2D eigenvalue weighted by atomic mass is 32.2. The van der Waals surface area contributed by atoms with E-state index in [1.807, 2.05) is 62.4 Å². The van der Waals surface area contributed by atoms with Crippen LogP contribution in [0.15, 0.2) is 77.7 Å². The Labute approximate surface area is 171 Å². The van der Waals surface area contributed by atoms with Gasteiger partial charge in [-0.2, -0.15) is 0 Å². The van der Waals surface area contributed by atoms with Crippen molar-refractivity contribution in [2.45, 2.75) is 31.2 Å². The Balaban J connectivity index is 1.64. The van der Waals surface area contributed by atoms with Gasteiger partial charge in [-0.3, -0.25) is 9.10 Å². The fourth-order valence-corrected chi connectivity index (χ4v) is 5.39. The van der Waals surface area contributed by atoms with Gasteiger partial charge in [0.25, 0.3) is 15.9 Å². The van der Waals surface area contributed by atoms with Crippen LogP contribution < -0.4 is 9.62 Å². The SMILES string of the molecule is Cc1ccc(NC(=O)c2cccc(S(=O)(=O)N3c4ccccc4CC3C)c2)cc1. The molecule has 5 nitrogen and oxygen atoms in total. The topological polar surface area (TPSA) is 66.5 Å². The standard InChI is InChI=1S/C23H22N2O3S/c1-16-10-12-20(13-11-16)24-23(26)19-7-5-8-21(15-19)29(27,28)25-17(2)14-18-6-3-4-9-22(18)25/h3-13,15,17H,14H2,1-2H3,(H,24,26). The second kappa shape index (κ2) is 7.37. The Kier molecular flexibility index (Phi) is 4.88. The monoisotopic (exact) mass is 406 g/mol. The Morgan fingerprint density at radius 2 is 1.72 bits per heavy atom. The van der Waals surface area contributed by atoms with Gasteiger partial charge in [0.15, 0.2) is 0 Å². The molecule has 1 heterocycles. The molecule has 3 aromatic carbocycles. The van der Waals surface area contributed by atoms with Crippen molar-refractivity contribution in [1.29, 1.82) is 0 Å². The average molecular weight is 407 g/mol. The number of anilines is 2. The maximum absolute atomic E-state index is 13.4. The number of amides is 1. The number of fused-ring (bicyclic) bond motifs is 1. The maximum atomic E-state index is 13.4. The normalized spacial score (nSPS) is 15.8. The number of benzene rings is 3. The zero-order valence-corrected chi connectivity index (χ0v) is 17.1. The molecule has 0 bridgehead atoms. The molecule has 0 spiro atoms. The number of hydrogen-bond donors (Lipinski definition) is 1. The van der Waals surface area contributed by atoms with Crippen LogP contribution in [0.3, 0.4) is 0 Å². The van der Waals surface area contributed by atoms with Crippen LogP contribution in [0.2, 0.25) is 0 Å². The van der Waals surface area contributed by atoms with Crippen molar-refractivity contribution < 1.29 is 13.2 Å². The molecule has 1 amide bonds. The van der Waals surface area contributed by atoms with Crippen molar-refractivity contribution >= 4 is 27.3 Å². The van der Waals surface area contributed by atoms with E-state index in [4.69, 9.17) is 0 Å². The first-order valence-electron chi connectivity index (χ1n) is 9.47. The summed E-state index contributed by atoms with van der Waals surface area (Å²) in [6.07, 6.45) is 0.670. The molecule has 1 N–H and O–H groups in total. The molecule has 0 saturated carbocycles. The zero-order valence-electron chi connectivity index (χ0n) is 16.3. The average Bonchev–Trinajstić information content (AvgIpc) is 3.06. The molecule has 1 aliphatic rings. The van der Waals surface area contributed by atoms with Gasteiger partial charge >= 0.3 is 0 Å². The zero-order chi connectivity index (χ0) is 20.6. The molecular formula is C23H22N2O3S. The number of nitrogens with one attached hydrogen (secondary N) is 1. The maximum Gasteiger partial charge on any atom is 0.264 e. The van der Waals surface area contributed by atoms with E-state index in [0.29, 0.717) is 23.4 Å². The van der Waals surface area contributed by atoms with Gasteiger partial charge in [0.1, 0.15) is 0 Å². The van der Waals surface area contributed by atoms with E-state index in [0.717, 1.165) is 11.1 Å². The molecule has 0 aliphatic carbocycles. The summed E-state index contributed by atoms with van der Waals surface area (Å²) < 4.78 is 28.2. The van der Waals surface area contributed by atoms with Crippen molar-refractivity contribution in [3.8, 4) is 0 Å². The molecule has 6 heteroatoms. The number of aryl methyl sites for hydroxylation is 1. The lowest BCUT2D eigenvalue weighted by Crippen LogP contribution is -2.35. The molecule has 0 fully saturated rings. The molecule has 148 valence electrons. The van der Waals surface area contributed by atoms with Crippen molar-refractivity contribution in [2.75, 3.05) is 9.62 Å². The predicted molar refractivity (Wildman–Crippen MR) is 115 cm³/mol. The second-order valence-corrected chi connectivity index (χ2v) is 9.15. The van der Waals surface area contributed by atoms with Crippen LogP contribution in [0, 0.1) is 6.92 Å². The molecule has 0 aromatic heterocycles. The lowest BCUT2D eigenvalue weighted by molar-refractivity contribution is 0.102. The van der Waals surface area contributed by atoms with Gasteiger partial charge in [0.05, 0.1) is 10.6 Å². The van der Waals surface area contributed by atoms with E-state index in [-0.39, 0.29) is 16.8 Å². The summed E-state index contributed by atoms with van der Waals surface area (Å²) in [5.74, 6) is -0.347. The molecule has 0 radical (unpaired) electrons. The number of nitrogens with zero attached hydrogens (tertiary/aromatic N) is 1. The Morgan fingerprint density at radius 3 is 2.48 bits per heavy atom. The van der Waals surface area contributed by atoms with Crippen molar-refractivity contribution in [3.05, 3.63) is 89.5 Å². The molecule has 1 aliphatic heterocycles. The molecular weight excluding hydrogens is 384 g/mol. The fourth-order valence-electron chi connectivity index (χ4n) is 3.65. The van der Waals surface area contributed by atoms with Crippen LogP contribution in [-0.4, -0.2) is 20.4 Å². The summed E-state index contributed by atoms with van der Waals surface area (Å²) in [6, 6.07) is 21.0. The summed E-state index contributed by atoms with van der Waals surface area (Å²) >= 11 is 0. The van der Waals surface area contributed by atoms with Crippen molar-refractivity contribution in [3.63, 3.8) is 0 Å². The highest BCUT2D eigenvalue weighted by Gasteiger charge is 2.36. The molecule has 3 aromatic rings. The second-order valence-electron chi connectivity index (χ2n) is 7.33. The minimum atomic E-state index is -3.78. The summed E-state index contributed by atoms with van der Waals surface area (Å²) in [6.45, 7) is 3.86. The minimum absolute atomic E-state index is 0.109. The van der Waals surface area contributed by atoms with Crippen LogP contribution in [0.1, 0.15) is 28.4 Å². The van der Waals surface area contributed by atoms with Gasteiger partial charge in [-0.15, -0.1) is 0 Å². The highest BCUT2D eigenvalue weighted by Crippen LogP contribution is 2.36. The number of carbonyl (C=O) groups excluding carboxylic acids is 1. The third kappa shape index (κ3) is 3.63. The third-order valence-corrected chi connectivity index (χ3v) is 7.03. The van der Waals surface area contributed by atoms with Crippen LogP contribution in [0.5, 0.6) is 0 Å². The van der Waals surface area contributed by atoms with Crippen molar-refractivity contribution in [2.24, 2.45) is 0 Å². The molecule has 0 saturated heterocycles. The van der Waals surface area contributed by atoms with E-state index >= 15 is 0 Å². The van der Waals surface area contributed by atoms with E-state index in [2.05, 4.69) is 5.32 Å². The Morgan fingerprint density at radius 1 is 1.00 bits per heavy atom. The van der Waals surface area contributed by atoms with Gasteiger partial charge in [-0.25, -0.2) is 8.42 Å². The van der Waals surface area contributed by atoms with Gasteiger partial charge in [0, 0.05) is 17.3 Å². The summed E-state index contributed by atoms with van der Waals surface area (Å²) in [4.78, 5) is 12.8. The molecule has 1 atom stereocenters.